The lowest BCUT2D eigenvalue weighted by molar-refractivity contribution is -0.466. The summed E-state index contributed by atoms with van der Waals surface area (Å²) in [6, 6.07) is 0. The number of nitrogens with one attached hydrogen (secondary N) is 1. The van der Waals surface area contributed by atoms with Crippen LogP contribution >= 0.6 is 9.47 Å². The number of hydrogen-bond donors (Lipinski definition) is 3. The largest absolute Gasteiger partial charge is 0.390 e. The Morgan fingerprint density at radius 3 is 3.00 bits per heavy atom. The summed E-state index contributed by atoms with van der Waals surface area (Å²) < 4.78 is 10.8. The average Bonchev–Trinajstić information content (AvgIpc) is 2.88. The molecule has 2 rings (SSSR count). The van der Waals surface area contributed by atoms with Crippen LogP contribution in [0.1, 0.15) is 18.2 Å². The van der Waals surface area contributed by atoms with Crippen molar-refractivity contribution >= 4 is 9.47 Å². The smallest absolute Gasteiger partial charge is 0.330 e. The first-order chi connectivity index (χ1) is 11.1. The monoisotopic (exact) mass is 346 g/mol. The topological polar surface area (TPSA) is 132 Å². The normalized spacial score (nSPS) is 23.5. The van der Waals surface area contributed by atoms with Gasteiger partial charge in [0, 0.05) is 22.1 Å². The Kier molecular flexibility index (Phi) is 6.44. The summed E-state index contributed by atoms with van der Waals surface area (Å²) in [5.41, 5.74) is -1.37. The molecule has 0 aromatic carbocycles. The summed E-state index contributed by atoms with van der Waals surface area (Å²) in [6.07, 6.45) is -1.14. The summed E-state index contributed by atoms with van der Waals surface area (Å²) in [7, 11) is 1.81. The van der Waals surface area contributed by atoms with Crippen LogP contribution in [0.3, 0.4) is 0 Å². The molecule has 0 spiro atoms. The van der Waals surface area contributed by atoms with Crippen molar-refractivity contribution in [2.45, 2.75) is 24.9 Å². The van der Waals surface area contributed by atoms with Gasteiger partial charge in [-0.3, -0.25) is 14.3 Å². The van der Waals surface area contributed by atoms with E-state index in [1.807, 2.05) is 9.47 Å². The maximum atomic E-state index is 11.9. The summed E-state index contributed by atoms with van der Waals surface area (Å²) >= 11 is 0. The lowest BCUT2D eigenvalue weighted by Crippen LogP contribution is -2.33. The third kappa shape index (κ3) is 4.46. The molecule has 1 aliphatic heterocycles. The number of rotatable bonds is 5. The zero-order valence-corrected chi connectivity index (χ0v) is 13.0. The maximum Gasteiger partial charge on any atom is 0.330 e. The molecule has 126 valence electrons. The number of H-pyrrole nitrogens is 1. The van der Waals surface area contributed by atoms with Crippen LogP contribution in [-0.4, -0.2) is 45.2 Å². The fraction of sp³-hybridized carbons (Fsp3) is 0.500. The summed E-state index contributed by atoms with van der Waals surface area (Å²) in [6.45, 7) is -0.546. The van der Waals surface area contributed by atoms with Crippen molar-refractivity contribution < 1.29 is 29.6 Å². The van der Waals surface area contributed by atoms with E-state index in [9.17, 15) is 14.7 Å². The van der Waals surface area contributed by atoms with Crippen LogP contribution in [0.25, 0.3) is 0 Å². The molecule has 1 aromatic heterocycles. The van der Waals surface area contributed by atoms with Crippen molar-refractivity contribution in [3.05, 3.63) is 32.6 Å². The molecular formula is C12H15N2O8P. The zero-order valence-electron chi connectivity index (χ0n) is 11.8. The Morgan fingerprint density at radius 1 is 1.52 bits per heavy atom. The average molecular weight is 346 g/mol. The van der Waals surface area contributed by atoms with E-state index in [1.165, 1.54) is 6.20 Å². The van der Waals surface area contributed by atoms with Gasteiger partial charge in [-0.1, -0.05) is 16.9 Å². The van der Waals surface area contributed by atoms with E-state index < -0.39 is 36.3 Å². The number of aromatic nitrogens is 2. The molecule has 23 heavy (non-hydrogen) atoms. The van der Waals surface area contributed by atoms with E-state index in [0.717, 1.165) is 4.57 Å². The molecular weight excluding hydrogens is 331 g/mol. The molecule has 0 amide bonds. The second-order valence-electron chi connectivity index (χ2n) is 4.55. The molecule has 0 bridgehead atoms. The number of hydrogen-bond acceptors (Lipinski definition) is 8. The van der Waals surface area contributed by atoms with E-state index >= 15 is 0 Å². The molecule has 1 aliphatic rings. The van der Waals surface area contributed by atoms with Gasteiger partial charge in [0.1, 0.15) is 31.1 Å². The quantitative estimate of drug-likeness (QED) is 0.187. The van der Waals surface area contributed by atoms with Crippen molar-refractivity contribution in [3.8, 4) is 11.8 Å². The second-order valence-corrected chi connectivity index (χ2v) is 4.74. The van der Waals surface area contributed by atoms with Crippen molar-refractivity contribution in [1.29, 1.82) is 0 Å². The van der Waals surface area contributed by atoms with Crippen molar-refractivity contribution in [2.75, 3.05) is 13.2 Å². The first-order valence-electron chi connectivity index (χ1n) is 6.50. The van der Waals surface area contributed by atoms with Crippen LogP contribution in [0.4, 0.5) is 0 Å². The minimum absolute atomic E-state index is 0.00354. The van der Waals surface area contributed by atoms with Gasteiger partial charge in [-0.05, 0) is 0 Å². The van der Waals surface area contributed by atoms with Gasteiger partial charge in [0.2, 0.25) is 0 Å². The minimum Gasteiger partial charge on any atom is -0.390 e. The standard InChI is InChI=1S/C12H15N2O8P/c15-3-1-2-7-5-14(12(18)13-11(7)17)10-4-8(16)9(20-10)6-19-21-22-23/h5,8-10,15-16H,3-4,6,23H2,(H,13,17,18). The first kappa shape index (κ1) is 17.8. The van der Waals surface area contributed by atoms with Gasteiger partial charge >= 0.3 is 5.69 Å². The second kappa shape index (κ2) is 8.33. The molecule has 1 aromatic rings. The molecule has 0 radical (unpaired) electrons. The van der Waals surface area contributed by atoms with Crippen molar-refractivity contribution in [3.63, 3.8) is 0 Å². The number of ether oxygens (including phenoxy) is 1. The summed E-state index contributed by atoms with van der Waals surface area (Å²) in [4.78, 5) is 30.2. The Morgan fingerprint density at radius 2 is 2.30 bits per heavy atom. The molecule has 4 unspecified atom stereocenters. The van der Waals surface area contributed by atoms with Gasteiger partial charge in [-0.2, -0.15) is 4.67 Å². The summed E-state index contributed by atoms with van der Waals surface area (Å²) in [5, 5.41) is 22.8. The Hall–Kier alpha value is -1.57. The molecule has 3 N–H and O–H groups in total. The number of aliphatic hydroxyl groups excluding tert-OH is 2. The van der Waals surface area contributed by atoms with Gasteiger partial charge < -0.3 is 14.9 Å². The highest BCUT2D eigenvalue weighted by Crippen LogP contribution is 2.27. The fourth-order valence-corrected chi connectivity index (χ4v) is 2.14. The number of nitrogens with zero attached hydrogens (tertiary/aromatic N) is 1. The molecule has 11 heteroatoms. The molecule has 10 nitrogen and oxygen atoms in total. The molecule has 1 saturated heterocycles. The zero-order chi connectivity index (χ0) is 16.8. The van der Waals surface area contributed by atoms with Crippen LogP contribution in [-0.2, 0) is 19.3 Å². The number of aromatic amines is 1. The first-order valence-corrected chi connectivity index (χ1v) is 6.97. The van der Waals surface area contributed by atoms with E-state index in [2.05, 4.69) is 31.4 Å². The Labute approximate surface area is 132 Å². The molecule has 0 aliphatic carbocycles. The van der Waals surface area contributed by atoms with Crippen molar-refractivity contribution in [1.82, 2.24) is 9.55 Å². The van der Waals surface area contributed by atoms with Gasteiger partial charge in [0.15, 0.2) is 0 Å². The molecule has 4 atom stereocenters. The van der Waals surface area contributed by atoms with Crippen molar-refractivity contribution in [2.24, 2.45) is 0 Å². The van der Waals surface area contributed by atoms with Gasteiger partial charge in [0.25, 0.3) is 5.56 Å². The third-order valence-corrected chi connectivity index (χ3v) is 3.18. The Balaban J connectivity index is 2.19. The summed E-state index contributed by atoms with van der Waals surface area (Å²) in [5.74, 6) is 4.76. The predicted octanol–water partition coefficient (Wildman–Crippen LogP) is -1.80. The molecule has 0 saturated carbocycles. The van der Waals surface area contributed by atoms with Gasteiger partial charge in [-0.15, -0.1) is 0 Å². The Bertz CT molecular complexity index is 705. The molecule has 2 heterocycles. The van der Waals surface area contributed by atoms with Crippen LogP contribution in [0.5, 0.6) is 0 Å². The van der Waals surface area contributed by atoms with Crippen LogP contribution < -0.4 is 11.2 Å². The third-order valence-electron chi connectivity index (χ3n) is 3.10. The number of aliphatic hydroxyl groups is 2. The predicted molar refractivity (Wildman–Crippen MR) is 77.7 cm³/mol. The van der Waals surface area contributed by atoms with E-state index in [1.54, 1.807) is 0 Å². The molecule has 1 fully saturated rings. The van der Waals surface area contributed by atoms with Gasteiger partial charge in [-0.25, -0.2) is 9.68 Å². The minimum atomic E-state index is -0.904. The van der Waals surface area contributed by atoms with E-state index in [4.69, 9.17) is 9.84 Å². The lowest BCUT2D eigenvalue weighted by Gasteiger charge is -2.15. The van der Waals surface area contributed by atoms with Gasteiger partial charge in [0.05, 0.1) is 6.10 Å². The maximum absolute atomic E-state index is 11.9. The SMILES string of the molecule is O=c1[nH]c(=O)n(C2CC(O)C(COOOP)O2)cc1C#CCO. The van der Waals surface area contributed by atoms with Crippen LogP contribution in [0.15, 0.2) is 15.8 Å². The highest BCUT2D eigenvalue weighted by molar-refractivity contribution is 7.09. The van der Waals surface area contributed by atoms with E-state index in [0.29, 0.717) is 0 Å². The highest BCUT2D eigenvalue weighted by atomic mass is 31.0. The fourth-order valence-electron chi connectivity index (χ4n) is 2.08. The van der Waals surface area contributed by atoms with Crippen LogP contribution in [0.2, 0.25) is 0 Å². The lowest BCUT2D eigenvalue weighted by atomic mass is 10.2. The highest BCUT2D eigenvalue weighted by Gasteiger charge is 2.36. The van der Waals surface area contributed by atoms with Crippen LogP contribution in [0, 0.1) is 11.8 Å². The van der Waals surface area contributed by atoms with E-state index in [-0.39, 0.29) is 18.6 Å².